The van der Waals surface area contributed by atoms with Crippen molar-refractivity contribution < 1.29 is 44.7 Å². The van der Waals surface area contributed by atoms with E-state index in [1.165, 1.54) is 13.0 Å². The molecule has 2 amide bonds. The Kier molecular flexibility index (Phi) is 7.38. The molecule has 37 heavy (non-hydrogen) atoms. The molecule has 1 aromatic carbocycles. The number of benzene rings is 1. The van der Waals surface area contributed by atoms with Gasteiger partial charge in [0, 0.05) is 37.8 Å². The Morgan fingerprint density at radius 3 is 2.38 bits per heavy atom. The average Bonchev–Trinajstić information content (AvgIpc) is 2.80. The second-order valence-corrected chi connectivity index (χ2v) is 9.57. The number of hydrogen-bond donors (Lipinski definition) is 7. The van der Waals surface area contributed by atoms with Crippen LogP contribution in [0.1, 0.15) is 46.5 Å². The quantitative estimate of drug-likeness (QED) is 0.111. The van der Waals surface area contributed by atoms with Crippen LogP contribution in [-0.2, 0) is 16.0 Å². The third-order valence-corrected chi connectivity index (χ3v) is 6.99. The minimum Gasteiger partial charge on any atom is -0.512 e. The van der Waals surface area contributed by atoms with Gasteiger partial charge in [-0.15, -0.1) is 0 Å². The number of ketones is 2. The van der Waals surface area contributed by atoms with Crippen molar-refractivity contribution >= 4 is 29.1 Å². The molecule has 0 aromatic heterocycles. The van der Waals surface area contributed by atoms with Gasteiger partial charge < -0.3 is 41.5 Å². The summed E-state index contributed by atoms with van der Waals surface area (Å²) in [6, 6.07) is 1.42. The van der Waals surface area contributed by atoms with Gasteiger partial charge in [0.2, 0.25) is 5.78 Å². The lowest BCUT2D eigenvalue weighted by atomic mass is 9.63. The lowest BCUT2D eigenvalue weighted by Gasteiger charge is -2.43. The molecular formula is C25H31N3O9. The average molecular weight is 518 g/mol. The monoisotopic (exact) mass is 517 g/mol. The molecule has 0 heterocycles. The molecule has 8 N–H and O–H groups in total. The van der Waals surface area contributed by atoms with E-state index in [4.69, 9.17) is 10.8 Å². The van der Waals surface area contributed by atoms with E-state index in [9.17, 15) is 39.6 Å². The summed E-state index contributed by atoms with van der Waals surface area (Å²) >= 11 is 0. The van der Waals surface area contributed by atoms with Gasteiger partial charge in [-0.05, 0) is 37.3 Å². The Bertz CT molecular complexity index is 1260. The highest BCUT2D eigenvalue weighted by atomic mass is 16.3. The first kappa shape index (κ1) is 27.7. The highest BCUT2D eigenvalue weighted by molar-refractivity contribution is 6.24. The smallest absolute Gasteiger partial charge is 0.255 e. The van der Waals surface area contributed by atoms with Crippen LogP contribution in [0.2, 0.25) is 0 Å². The van der Waals surface area contributed by atoms with Crippen molar-refractivity contribution in [1.29, 1.82) is 0 Å². The van der Waals surface area contributed by atoms with Gasteiger partial charge in [0.25, 0.3) is 11.8 Å². The third kappa shape index (κ3) is 4.31. The molecule has 2 aliphatic carbocycles. The van der Waals surface area contributed by atoms with Crippen LogP contribution in [0.3, 0.4) is 0 Å². The van der Waals surface area contributed by atoms with Gasteiger partial charge in [-0.1, -0.05) is 6.92 Å². The fourth-order valence-electron chi connectivity index (χ4n) is 5.17. The molecule has 200 valence electrons. The van der Waals surface area contributed by atoms with Gasteiger partial charge in [-0.25, -0.2) is 0 Å². The molecule has 12 nitrogen and oxygen atoms in total. The molecule has 0 radical (unpaired) electrons. The molecule has 0 spiro atoms. The van der Waals surface area contributed by atoms with Crippen LogP contribution in [0.5, 0.6) is 5.75 Å². The summed E-state index contributed by atoms with van der Waals surface area (Å²) in [7, 11) is 3.37. The van der Waals surface area contributed by atoms with Crippen molar-refractivity contribution in [2.75, 3.05) is 32.1 Å². The number of nitrogens with one attached hydrogen (secondary N) is 1. The lowest BCUT2D eigenvalue weighted by molar-refractivity contribution is -0.141. The number of fused-ring (bicyclic) bond motifs is 2. The zero-order chi connectivity index (χ0) is 28.0. The molecule has 0 aliphatic heterocycles. The lowest BCUT2D eigenvalue weighted by Crippen LogP contribution is -2.54. The summed E-state index contributed by atoms with van der Waals surface area (Å²) in [5.74, 6) is -8.39. The number of amides is 2. The zero-order valence-corrected chi connectivity index (χ0v) is 21.0. The number of aromatic hydroxyl groups is 1. The largest absolute Gasteiger partial charge is 0.512 e. The van der Waals surface area contributed by atoms with E-state index in [2.05, 4.69) is 5.32 Å². The molecular weight excluding hydrogens is 486 g/mol. The third-order valence-electron chi connectivity index (χ3n) is 6.99. The zero-order valence-electron chi connectivity index (χ0n) is 21.0. The van der Waals surface area contributed by atoms with Crippen molar-refractivity contribution in [2.24, 2.45) is 17.6 Å². The van der Waals surface area contributed by atoms with Crippen LogP contribution in [0.25, 0.3) is 0 Å². The second kappa shape index (κ2) is 9.87. The molecule has 0 fully saturated rings. The SMILES string of the molecule is C/C(O)=C(/C(N)=O)C(=O)[C@@]1(O)C(O)=C2C(=O)c3c(O)c(C(=O)NCCO)cc(N(C)C)c3C[C@H]2C[C@H]1C. The topological polar surface area (TPSA) is 211 Å². The van der Waals surface area contributed by atoms with Crippen LogP contribution in [-0.4, -0.2) is 81.8 Å². The molecule has 2 aliphatic rings. The van der Waals surface area contributed by atoms with Crippen molar-refractivity contribution in [3.8, 4) is 5.75 Å². The Balaban J connectivity index is 2.27. The van der Waals surface area contributed by atoms with Crippen molar-refractivity contribution in [1.82, 2.24) is 5.32 Å². The summed E-state index contributed by atoms with van der Waals surface area (Å²) in [4.78, 5) is 53.1. The van der Waals surface area contributed by atoms with Gasteiger partial charge in [0.05, 0.1) is 17.7 Å². The minimum absolute atomic E-state index is 0.0374. The van der Waals surface area contributed by atoms with Crippen LogP contribution in [0.15, 0.2) is 28.7 Å². The van der Waals surface area contributed by atoms with Gasteiger partial charge in [-0.3, -0.25) is 19.2 Å². The van der Waals surface area contributed by atoms with E-state index >= 15 is 0 Å². The number of nitrogens with two attached hydrogens (primary N) is 1. The summed E-state index contributed by atoms with van der Waals surface area (Å²) in [6.07, 6.45) is 0.169. The number of phenols is 1. The van der Waals surface area contributed by atoms with Crippen LogP contribution in [0.4, 0.5) is 5.69 Å². The molecule has 3 atom stereocenters. The second-order valence-electron chi connectivity index (χ2n) is 9.57. The van der Waals surface area contributed by atoms with Crippen LogP contribution >= 0.6 is 0 Å². The number of aliphatic hydroxyl groups is 4. The van der Waals surface area contributed by atoms with E-state index in [0.29, 0.717) is 11.3 Å². The maximum Gasteiger partial charge on any atom is 0.255 e. The fourth-order valence-corrected chi connectivity index (χ4v) is 5.17. The number of nitrogens with zero attached hydrogens (tertiary/aromatic N) is 1. The van der Waals surface area contributed by atoms with E-state index in [1.807, 2.05) is 0 Å². The summed E-state index contributed by atoms with van der Waals surface area (Å²) in [5, 5.41) is 54.8. The maximum atomic E-state index is 13.8. The summed E-state index contributed by atoms with van der Waals surface area (Å²) in [5.41, 5.74) is 1.59. The van der Waals surface area contributed by atoms with E-state index in [-0.39, 0.29) is 42.7 Å². The highest BCUT2D eigenvalue weighted by Gasteiger charge is 2.56. The standard InChI is InChI=1S/C25H31N3O9/c1-10-7-12-8-13-15(28(3)4)9-14(24(36)27-5-6-29)19(31)18(13)20(32)17(12)22(34)25(10,37)21(33)16(11(2)30)23(26)35/h9-10,12,29-31,34,37H,5-8H2,1-4H3,(H2,26,35)(H,27,36)/b16-11-/t10-,12-,25-/m1/s1. The van der Waals surface area contributed by atoms with Gasteiger partial charge in [0.15, 0.2) is 11.4 Å². The van der Waals surface area contributed by atoms with Crippen molar-refractivity contribution in [3.63, 3.8) is 0 Å². The molecule has 3 rings (SSSR count). The van der Waals surface area contributed by atoms with Gasteiger partial charge in [0.1, 0.15) is 22.8 Å². The number of anilines is 1. The fraction of sp³-hybridized carbons (Fsp3) is 0.440. The number of phenolic OH excluding ortho intramolecular Hbond substituents is 1. The summed E-state index contributed by atoms with van der Waals surface area (Å²) in [6.45, 7) is 2.03. The minimum atomic E-state index is -2.75. The first-order valence-corrected chi connectivity index (χ1v) is 11.6. The maximum absolute atomic E-state index is 13.8. The predicted octanol–water partition coefficient (Wildman–Crippen LogP) is 0.00470. The van der Waals surface area contributed by atoms with Gasteiger partial charge >= 0.3 is 0 Å². The summed E-state index contributed by atoms with van der Waals surface area (Å²) < 4.78 is 0. The number of carbonyl (C=O) groups is 4. The first-order chi connectivity index (χ1) is 17.2. The Labute approximate surface area is 212 Å². The normalized spacial score (nSPS) is 23.6. The van der Waals surface area contributed by atoms with Crippen molar-refractivity contribution in [3.05, 3.63) is 45.4 Å². The van der Waals surface area contributed by atoms with Crippen molar-refractivity contribution in [2.45, 2.75) is 32.3 Å². The first-order valence-electron chi connectivity index (χ1n) is 11.6. The van der Waals surface area contributed by atoms with Crippen LogP contribution < -0.4 is 16.0 Å². The molecule has 0 saturated heterocycles. The number of primary amides is 1. The number of Topliss-reactive ketones (excluding diaryl/α,β-unsaturated/α-hetero) is 2. The number of aliphatic hydroxyl groups excluding tert-OH is 3. The molecule has 0 bridgehead atoms. The molecule has 0 saturated carbocycles. The predicted molar refractivity (Wildman–Crippen MR) is 131 cm³/mol. The number of rotatable bonds is 7. The Morgan fingerprint density at radius 1 is 1.24 bits per heavy atom. The number of hydrogen-bond acceptors (Lipinski definition) is 10. The number of carbonyl (C=O) groups excluding carboxylic acids is 4. The van der Waals surface area contributed by atoms with E-state index in [0.717, 1.165) is 6.92 Å². The van der Waals surface area contributed by atoms with Crippen LogP contribution in [0, 0.1) is 11.8 Å². The van der Waals surface area contributed by atoms with E-state index in [1.54, 1.807) is 19.0 Å². The Morgan fingerprint density at radius 2 is 1.86 bits per heavy atom. The molecule has 1 aromatic rings. The molecule has 0 unspecified atom stereocenters. The van der Waals surface area contributed by atoms with Gasteiger partial charge in [-0.2, -0.15) is 0 Å². The van der Waals surface area contributed by atoms with E-state index < -0.39 is 63.7 Å². The number of allylic oxidation sites excluding steroid dienone is 2. The molecule has 12 heteroatoms. The Hall–Kier alpha value is -3.90. The highest BCUT2D eigenvalue weighted by Crippen LogP contribution is 2.50.